The lowest BCUT2D eigenvalue weighted by atomic mass is 9.62. The summed E-state index contributed by atoms with van der Waals surface area (Å²) < 4.78 is 7.32. The van der Waals surface area contributed by atoms with Gasteiger partial charge in [-0.1, -0.05) is 40.9 Å². The van der Waals surface area contributed by atoms with Gasteiger partial charge in [-0.2, -0.15) is 0 Å². The molecule has 1 spiro atoms. The van der Waals surface area contributed by atoms with Crippen molar-refractivity contribution in [3.63, 3.8) is 0 Å². The van der Waals surface area contributed by atoms with Crippen LogP contribution < -0.4 is 4.74 Å². The topological polar surface area (TPSA) is 29.5 Å². The van der Waals surface area contributed by atoms with E-state index in [4.69, 9.17) is 4.74 Å². The number of hydrogen-bond donors (Lipinski definition) is 1. The van der Waals surface area contributed by atoms with Crippen LogP contribution in [-0.4, -0.2) is 17.3 Å². The van der Waals surface area contributed by atoms with E-state index in [2.05, 4.69) is 46.3 Å². The average molecular weight is 347 g/mol. The van der Waals surface area contributed by atoms with Gasteiger partial charge in [-0.15, -0.1) is 0 Å². The van der Waals surface area contributed by atoms with Crippen LogP contribution in [0.25, 0.3) is 10.8 Å². The molecule has 0 radical (unpaired) electrons. The fraction of sp³-hybridized carbons (Fsp3) is 0.444. The Morgan fingerprint density at radius 2 is 1.76 bits per heavy atom. The maximum atomic E-state index is 10.2. The number of hydrogen-bond acceptors (Lipinski definition) is 2. The van der Waals surface area contributed by atoms with Gasteiger partial charge in [-0.3, -0.25) is 0 Å². The van der Waals surface area contributed by atoms with Crippen molar-refractivity contribution in [2.75, 3.05) is 0 Å². The van der Waals surface area contributed by atoms with Gasteiger partial charge in [0.25, 0.3) is 0 Å². The van der Waals surface area contributed by atoms with E-state index < -0.39 is 0 Å². The number of rotatable bonds is 2. The Kier molecular flexibility index (Phi) is 3.23. The number of halogens is 1. The quantitative estimate of drug-likeness (QED) is 0.855. The Morgan fingerprint density at radius 1 is 1.05 bits per heavy atom. The standard InChI is InChI=1S/C18H19BrO2/c19-14-5-3-13-10-15(6-4-12(13)9-14)21-17-11-16(20)18(17)7-1-2-8-18/h3-6,9-10,16-17,20H,1-2,7-8,11H2. The van der Waals surface area contributed by atoms with Crippen molar-refractivity contribution >= 4 is 26.7 Å². The predicted octanol–water partition coefficient (Wildman–Crippen LogP) is 4.67. The van der Waals surface area contributed by atoms with Crippen molar-refractivity contribution in [1.82, 2.24) is 0 Å². The van der Waals surface area contributed by atoms with Gasteiger partial charge in [0.05, 0.1) is 6.10 Å². The third-order valence-electron chi connectivity index (χ3n) is 5.33. The normalized spacial score (nSPS) is 27.0. The van der Waals surface area contributed by atoms with Crippen molar-refractivity contribution in [2.24, 2.45) is 5.41 Å². The fourth-order valence-corrected chi connectivity index (χ4v) is 4.39. The van der Waals surface area contributed by atoms with Crippen molar-refractivity contribution in [1.29, 1.82) is 0 Å². The number of ether oxygens (including phenoxy) is 1. The SMILES string of the molecule is OC1CC(Oc2ccc3cc(Br)ccc3c2)C12CCCC2. The van der Waals surface area contributed by atoms with Crippen LogP contribution in [0.5, 0.6) is 5.75 Å². The van der Waals surface area contributed by atoms with Crippen LogP contribution in [0, 0.1) is 5.41 Å². The van der Waals surface area contributed by atoms with Crippen molar-refractivity contribution < 1.29 is 9.84 Å². The molecule has 1 N–H and O–H groups in total. The highest BCUT2D eigenvalue weighted by Gasteiger charge is 2.57. The smallest absolute Gasteiger partial charge is 0.120 e. The van der Waals surface area contributed by atoms with Crippen LogP contribution in [-0.2, 0) is 0 Å². The van der Waals surface area contributed by atoms with Gasteiger partial charge in [-0.05, 0) is 47.9 Å². The summed E-state index contributed by atoms with van der Waals surface area (Å²) in [4.78, 5) is 0. The van der Waals surface area contributed by atoms with E-state index >= 15 is 0 Å². The molecule has 2 nitrogen and oxygen atoms in total. The molecular formula is C18H19BrO2. The molecule has 3 heteroatoms. The van der Waals surface area contributed by atoms with E-state index in [1.807, 2.05) is 6.07 Å². The molecule has 0 aliphatic heterocycles. The zero-order chi connectivity index (χ0) is 14.4. The van der Waals surface area contributed by atoms with E-state index in [0.717, 1.165) is 29.5 Å². The molecule has 0 saturated heterocycles. The molecule has 2 unspecified atom stereocenters. The minimum atomic E-state index is -0.165. The molecule has 2 aliphatic carbocycles. The lowest BCUT2D eigenvalue weighted by Crippen LogP contribution is -2.58. The van der Waals surface area contributed by atoms with E-state index in [1.54, 1.807) is 0 Å². The molecule has 0 aromatic heterocycles. The minimum Gasteiger partial charge on any atom is -0.490 e. The highest BCUT2D eigenvalue weighted by atomic mass is 79.9. The molecule has 4 rings (SSSR count). The number of aliphatic hydroxyl groups excluding tert-OH is 1. The molecular weight excluding hydrogens is 328 g/mol. The summed E-state index contributed by atoms with van der Waals surface area (Å²) in [5, 5.41) is 12.6. The summed E-state index contributed by atoms with van der Waals surface area (Å²) in [6, 6.07) is 12.5. The molecule has 2 atom stereocenters. The average Bonchev–Trinajstić information content (AvgIpc) is 3.00. The Morgan fingerprint density at radius 3 is 2.52 bits per heavy atom. The highest BCUT2D eigenvalue weighted by molar-refractivity contribution is 9.10. The molecule has 0 amide bonds. The Balaban J connectivity index is 1.59. The summed E-state index contributed by atoms with van der Waals surface area (Å²) in [5.74, 6) is 0.924. The minimum absolute atomic E-state index is 0.0364. The Labute approximate surface area is 133 Å². The van der Waals surface area contributed by atoms with Gasteiger partial charge in [0.1, 0.15) is 11.9 Å². The van der Waals surface area contributed by atoms with E-state index in [1.165, 1.54) is 23.6 Å². The first-order valence-electron chi connectivity index (χ1n) is 7.71. The van der Waals surface area contributed by atoms with Crippen LogP contribution in [0.15, 0.2) is 40.9 Å². The summed E-state index contributed by atoms with van der Waals surface area (Å²) in [5.41, 5.74) is 0.0364. The van der Waals surface area contributed by atoms with Gasteiger partial charge in [0.2, 0.25) is 0 Å². The second-order valence-corrected chi connectivity index (χ2v) is 7.37. The fourth-order valence-electron chi connectivity index (χ4n) is 4.01. The van der Waals surface area contributed by atoms with Crippen LogP contribution in [0.3, 0.4) is 0 Å². The van der Waals surface area contributed by atoms with Crippen molar-refractivity contribution in [3.05, 3.63) is 40.9 Å². The van der Waals surface area contributed by atoms with Crippen LogP contribution in [0.4, 0.5) is 0 Å². The van der Waals surface area contributed by atoms with Gasteiger partial charge in [0.15, 0.2) is 0 Å². The molecule has 2 fully saturated rings. The first-order chi connectivity index (χ1) is 10.2. The molecule has 110 valence electrons. The first-order valence-corrected chi connectivity index (χ1v) is 8.51. The third-order valence-corrected chi connectivity index (χ3v) is 5.82. The summed E-state index contributed by atoms with van der Waals surface area (Å²) in [7, 11) is 0. The van der Waals surface area contributed by atoms with Gasteiger partial charge >= 0.3 is 0 Å². The number of aliphatic hydroxyl groups is 1. The van der Waals surface area contributed by atoms with Crippen LogP contribution >= 0.6 is 15.9 Å². The van der Waals surface area contributed by atoms with Crippen molar-refractivity contribution in [2.45, 2.75) is 44.3 Å². The zero-order valence-electron chi connectivity index (χ0n) is 11.9. The number of benzene rings is 2. The molecule has 2 aliphatic rings. The van der Waals surface area contributed by atoms with Gasteiger partial charge in [0, 0.05) is 16.3 Å². The first kappa shape index (κ1) is 13.6. The van der Waals surface area contributed by atoms with E-state index in [-0.39, 0.29) is 17.6 Å². The summed E-state index contributed by atoms with van der Waals surface area (Å²) in [6.45, 7) is 0. The lowest BCUT2D eigenvalue weighted by molar-refractivity contribution is -0.151. The predicted molar refractivity (Wildman–Crippen MR) is 87.6 cm³/mol. The largest absolute Gasteiger partial charge is 0.490 e. The second-order valence-electron chi connectivity index (χ2n) is 6.45. The second kappa shape index (κ2) is 4.99. The molecule has 21 heavy (non-hydrogen) atoms. The van der Waals surface area contributed by atoms with E-state index in [9.17, 15) is 5.11 Å². The summed E-state index contributed by atoms with van der Waals surface area (Å²) in [6.07, 6.45) is 5.46. The molecule has 2 aromatic rings. The maximum Gasteiger partial charge on any atom is 0.120 e. The number of fused-ring (bicyclic) bond motifs is 1. The third kappa shape index (κ3) is 2.18. The van der Waals surface area contributed by atoms with Crippen LogP contribution in [0.1, 0.15) is 32.1 Å². The maximum absolute atomic E-state index is 10.2. The monoisotopic (exact) mass is 346 g/mol. The van der Waals surface area contributed by atoms with Gasteiger partial charge < -0.3 is 9.84 Å². The molecule has 0 bridgehead atoms. The zero-order valence-corrected chi connectivity index (χ0v) is 13.5. The highest BCUT2D eigenvalue weighted by Crippen LogP contribution is 2.54. The van der Waals surface area contributed by atoms with E-state index in [0.29, 0.717) is 0 Å². The summed E-state index contributed by atoms with van der Waals surface area (Å²) >= 11 is 3.50. The Hall–Kier alpha value is -1.06. The van der Waals surface area contributed by atoms with Gasteiger partial charge in [-0.25, -0.2) is 0 Å². The molecule has 2 aromatic carbocycles. The van der Waals surface area contributed by atoms with Crippen LogP contribution in [0.2, 0.25) is 0 Å². The molecule has 2 saturated carbocycles. The lowest BCUT2D eigenvalue weighted by Gasteiger charge is -2.51. The molecule has 0 heterocycles. The van der Waals surface area contributed by atoms with Crippen molar-refractivity contribution in [3.8, 4) is 5.75 Å². The Bertz CT molecular complexity index is 676.